The summed E-state index contributed by atoms with van der Waals surface area (Å²) in [7, 11) is 0. The van der Waals surface area contributed by atoms with Crippen LogP contribution in [0.2, 0.25) is 0 Å². The van der Waals surface area contributed by atoms with Crippen molar-refractivity contribution in [2.45, 2.75) is 12.8 Å². The van der Waals surface area contributed by atoms with Crippen molar-refractivity contribution in [2.24, 2.45) is 0 Å². The van der Waals surface area contributed by atoms with E-state index >= 15 is 0 Å². The van der Waals surface area contributed by atoms with Gasteiger partial charge in [0.25, 0.3) is 5.91 Å². The van der Waals surface area contributed by atoms with Crippen molar-refractivity contribution in [1.82, 2.24) is 10.3 Å². The van der Waals surface area contributed by atoms with Crippen LogP contribution in [0.15, 0.2) is 79.0 Å². The van der Waals surface area contributed by atoms with Crippen molar-refractivity contribution >= 4 is 17.3 Å². The molecule has 0 saturated heterocycles. The van der Waals surface area contributed by atoms with E-state index in [1.807, 2.05) is 54.6 Å². The van der Waals surface area contributed by atoms with Crippen LogP contribution >= 0.6 is 0 Å². The first-order valence-corrected chi connectivity index (χ1v) is 8.41. The van der Waals surface area contributed by atoms with E-state index in [1.165, 1.54) is 5.56 Å². The quantitative estimate of drug-likeness (QED) is 0.638. The second-order valence-electron chi connectivity index (χ2n) is 5.77. The fraction of sp³-hybridized carbons (Fsp3) is 0.143. The minimum atomic E-state index is -0.148. The van der Waals surface area contributed by atoms with Gasteiger partial charge in [-0.15, -0.1) is 0 Å². The zero-order valence-electron chi connectivity index (χ0n) is 14.0. The molecule has 2 N–H and O–H groups in total. The molecule has 0 saturated carbocycles. The smallest absolute Gasteiger partial charge is 0.269 e. The molecule has 0 atom stereocenters. The average Bonchev–Trinajstić information content (AvgIpc) is 2.67. The Morgan fingerprint density at radius 3 is 2.36 bits per heavy atom. The van der Waals surface area contributed by atoms with Crippen LogP contribution in [0.3, 0.4) is 0 Å². The lowest BCUT2D eigenvalue weighted by atomic mass is 10.1. The Morgan fingerprint density at radius 1 is 0.880 bits per heavy atom. The molecule has 0 unspecified atom stereocenters. The third-order valence-corrected chi connectivity index (χ3v) is 3.83. The molecule has 0 spiro atoms. The molecule has 1 heterocycles. The predicted octanol–water partition coefficient (Wildman–Crippen LogP) is 4.19. The molecule has 3 aromatic rings. The number of hydrogen-bond acceptors (Lipinski definition) is 3. The second-order valence-corrected chi connectivity index (χ2v) is 5.77. The Kier molecular flexibility index (Phi) is 5.77. The number of anilines is 2. The second kappa shape index (κ2) is 8.64. The summed E-state index contributed by atoms with van der Waals surface area (Å²) in [6.45, 7) is 0.631. The third-order valence-electron chi connectivity index (χ3n) is 3.83. The molecule has 0 fully saturated rings. The number of nitrogens with zero attached hydrogens (tertiary/aromatic N) is 1. The van der Waals surface area contributed by atoms with Gasteiger partial charge < -0.3 is 10.6 Å². The van der Waals surface area contributed by atoms with Crippen LogP contribution in [0.1, 0.15) is 22.5 Å². The number of rotatable bonds is 7. The fourth-order valence-electron chi connectivity index (χ4n) is 2.55. The van der Waals surface area contributed by atoms with E-state index in [1.54, 1.807) is 12.3 Å². The third kappa shape index (κ3) is 5.18. The Balaban J connectivity index is 1.51. The summed E-state index contributed by atoms with van der Waals surface area (Å²) in [4.78, 5) is 16.4. The highest BCUT2D eigenvalue weighted by Crippen LogP contribution is 2.16. The van der Waals surface area contributed by atoms with Crippen molar-refractivity contribution in [2.75, 3.05) is 11.9 Å². The molecule has 0 radical (unpaired) electrons. The Morgan fingerprint density at radius 2 is 1.60 bits per heavy atom. The summed E-state index contributed by atoms with van der Waals surface area (Å²) in [5.41, 5.74) is 3.52. The maximum absolute atomic E-state index is 12.3. The SMILES string of the molecule is O=C(NCCCc1ccccc1)c1cc(Nc2ccccc2)ccn1. The van der Waals surface area contributed by atoms with Gasteiger partial charge in [-0.3, -0.25) is 9.78 Å². The zero-order chi connectivity index (χ0) is 17.3. The number of amides is 1. The molecule has 4 heteroatoms. The Bertz CT molecular complexity index is 804. The molecule has 1 aromatic heterocycles. The molecule has 0 aliphatic rings. The Hall–Kier alpha value is -3.14. The topological polar surface area (TPSA) is 54.0 Å². The van der Waals surface area contributed by atoms with Crippen LogP contribution in [-0.4, -0.2) is 17.4 Å². The number of benzene rings is 2. The standard InChI is InChI=1S/C21H21N3O/c25-21(23-14-7-10-17-8-3-1-4-9-17)20-16-19(13-15-22-20)24-18-11-5-2-6-12-18/h1-6,8-9,11-13,15-16H,7,10,14H2,(H,22,24)(H,23,25). The number of carbonyl (C=O) groups is 1. The number of pyridine rings is 1. The maximum atomic E-state index is 12.3. The van der Waals surface area contributed by atoms with Crippen LogP contribution < -0.4 is 10.6 Å². The monoisotopic (exact) mass is 331 g/mol. The van der Waals surface area contributed by atoms with Crippen molar-refractivity contribution in [3.63, 3.8) is 0 Å². The number of carbonyl (C=O) groups excluding carboxylic acids is 1. The van der Waals surface area contributed by atoms with Gasteiger partial charge in [0.05, 0.1) is 0 Å². The fourth-order valence-corrected chi connectivity index (χ4v) is 2.55. The molecule has 2 aromatic carbocycles. The van der Waals surface area contributed by atoms with Crippen LogP contribution in [0.25, 0.3) is 0 Å². The summed E-state index contributed by atoms with van der Waals surface area (Å²) in [6, 6.07) is 23.7. The number of aryl methyl sites for hydroxylation is 1. The van der Waals surface area contributed by atoms with E-state index in [-0.39, 0.29) is 5.91 Å². The highest BCUT2D eigenvalue weighted by atomic mass is 16.1. The summed E-state index contributed by atoms with van der Waals surface area (Å²) in [6.07, 6.45) is 3.49. The van der Waals surface area contributed by atoms with Crippen molar-refractivity contribution in [3.8, 4) is 0 Å². The highest BCUT2D eigenvalue weighted by molar-refractivity contribution is 5.93. The van der Waals surface area contributed by atoms with E-state index in [0.29, 0.717) is 12.2 Å². The molecule has 0 aliphatic carbocycles. The van der Waals surface area contributed by atoms with Crippen LogP contribution in [-0.2, 0) is 6.42 Å². The van der Waals surface area contributed by atoms with Gasteiger partial charge in [0.15, 0.2) is 0 Å². The van der Waals surface area contributed by atoms with Gasteiger partial charge in [0.1, 0.15) is 5.69 Å². The first kappa shape index (κ1) is 16.7. The number of nitrogens with one attached hydrogen (secondary N) is 2. The molecule has 126 valence electrons. The van der Waals surface area contributed by atoms with Crippen molar-refractivity contribution in [1.29, 1.82) is 0 Å². The van der Waals surface area contributed by atoms with Gasteiger partial charge in [-0.05, 0) is 42.7 Å². The van der Waals surface area contributed by atoms with Crippen LogP contribution in [0.5, 0.6) is 0 Å². The molecular weight excluding hydrogens is 310 g/mol. The van der Waals surface area contributed by atoms with E-state index in [9.17, 15) is 4.79 Å². The first-order valence-electron chi connectivity index (χ1n) is 8.41. The summed E-state index contributed by atoms with van der Waals surface area (Å²) in [5.74, 6) is -0.148. The van der Waals surface area contributed by atoms with Gasteiger partial charge >= 0.3 is 0 Å². The zero-order valence-corrected chi connectivity index (χ0v) is 14.0. The van der Waals surface area contributed by atoms with E-state index in [2.05, 4.69) is 27.8 Å². The molecule has 0 aliphatic heterocycles. The largest absolute Gasteiger partial charge is 0.355 e. The molecular formula is C21H21N3O. The first-order chi connectivity index (χ1) is 12.3. The summed E-state index contributed by atoms with van der Waals surface area (Å²) >= 11 is 0. The van der Waals surface area contributed by atoms with Crippen molar-refractivity contribution < 1.29 is 4.79 Å². The number of para-hydroxylation sites is 1. The van der Waals surface area contributed by atoms with Gasteiger partial charge in [-0.1, -0.05) is 48.5 Å². The molecule has 4 nitrogen and oxygen atoms in total. The van der Waals surface area contributed by atoms with Crippen LogP contribution in [0, 0.1) is 0 Å². The highest BCUT2D eigenvalue weighted by Gasteiger charge is 2.07. The maximum Gasteiger partial charge on any atom is 0.269 e. The lowest BCUT2D eigenvalue weighted by Crippen LogP contribution is -2.25. The normalized spacial score (nSPS) is 10.2. The molecule has 1 amide bonds. The minimum Gasteiger partial charge on any atom is -0.355 e. The lowest BCUT2D eigenvalue weighted by Gasteiger charge is -2.08. The van der Waals surface area contributed by atoms with E-state index in [4.69, 9.17) is 0 Å². The van der Waals surface area contributed by atoms with Crippen molar-refractivity contribution in [3.05, 3.63) is 90.3 Å². The minimum absolute atomic E-state index is 0.148. The van der Waals surface area contributed by atoms with Gasteiger partial charge in [-0.25, -0.2) is 0 Å². The average molecular weight is 331 g/mol. The predicted molar refractivity (Wildman–Crippen MR) is 101 cm³/mol. The molecule has 3 rings (SSSR count). The van der Waals surface area contributed by atoms with Gasteiger partial charge in [0.2, 0.25) is 0 Å². The summed E-state index contributed by atoms with van der Waals surface area (Å²) < 4.78 is 0. The van der Waals surface area contributed by atoms with Crippen LogP contribution in [0.4, 0.5) is 11.4 Å². The van der Waals surface area contributed by atoms with E-state index < -0.39 is 0 Å². The van der Waals surface area contributed by atoms with E-state index in [0.717, 1.165) is 24.2 Å². The lowest BCUT2D eigenvalue weighted by molar-refractivity contribution is 0.0948. The molecule has 0 bridgehead atoms. The summed E-state index contributed by atoms with van der Waals surface area (Å²) in [5, 5.41) is 6.20. The number of aromatic nitrogens is 1. The van der Waals surface area contributed by atoms with Gasteiger partial charge in [-0.2, -0.15) is 0 Å². The Labute approximate surface area is 147 Å². The molecule has 25 heavy (non-hydrogen) atoms. The van der Waals surface area contributed by atoms with Gasteiger partial charge in [0, 0.05) is 24.1 Å². The number of hydrogen-bond donors (Lipinski definition) is 2.